The minimum absolute atomic E-state index is 0.0172. The smallest absolute Gasteiger partial charge is 0.379 e. The third kappa shape index (κ3) is 2.99. The van der Waals surface area contributed by atoms with Crippen LogP contribution in [0.1, 0.15) is 17.3 Å². The third-order valence-corrected chi connectivity index (χ3v) is 3.89. The molecule has 0 bridgehead atoms. The number of sulfone groups is 1. The molecule has 21 heavy (non-hydrogen) atoms. The van der Waals surface area contributed by atoms with E-state index in [9.17, 15) is 18.0 Å². The Bertz CT molecular complexity index is 691. The molecular formula is C13H14O7S. The monoisotopic (exact) mass is 314 g/mol. The molecule has 1 heterocycles. The Labute approximate surface area is 121 Å². The van der Waals surface area contributed by atoms with Crippen LogP contribution in [0.15, 0.2) is 17.0 Å². The van der Waals surface area contributed by atoms with Crippen LogP contribution in [0.25, 0.3) is 0 Å². The van der Waals surface area contributed by atoms with E-state index >= 15 is 0 Å². The van der Waals surface area contributed by atoms with Gasteiger partial charge in [0, 0.05) is 6.26 Å². The molecule has 0 radical (unpaired) electrons. The van der Waals surface area contributed by atoms with E-state index in [2.05, 4.69) is 4.74 Å². The van der Waals surface area contributed by atoms with Crippen molar-refractivity contribution in [3.8, 4) is 11.5 Å². The van der Waals surface area contributed by atoms with Gasteiger partial charge >= 0.3 is 5.97 Å². The summed E-state index contributed by atoms with van der Waals surface area (Å²) in [5.41, 5.74) is -0.278. The normalized spacial score (nSPS) is 13.6. The lowest BCUT2D eigenvalue weighted by Gasteiger charge is -2.21. The van der Waals surface area contributed by atoms with Crippen LogP contribution in [0.4, 0.5) is 0 Å². The van der Waals surface area contributed by atoms with Gasteiger partial charge in [0.05, 0.1) is 12.2 Å². The Balaban J connectivity index is 2.62. The second kappa shape index (κ2) is 5.72. The molecule has 0 N–H and O–H groups in total. The molecule has 0 aliphatic carbocycles. The van der Waals surface area contributed by atoms with E-state index in [4.69, 9.17) is 9.47 Å². The molecule has 0 amide bonds. The first kappa shape index (κ1) is 15.3. The third-order valence-electron chi connectivity index (χ3n) is 2.74. The highest BCUT2D eigenvalue weighted by Crippen LogP contribution is 2.39. The molecule has 0 saturated carbocycles. The van der Waals surface area contributed by atoms with E-state index in [1.165, 1.54) is 12.1 Å². The van der Waals surface area contributed by atoms with Gasteiger partial charge in [0.15, 0.2) is 21.3 Å². The van der Waals surface area contributed by atoms with Crippen molar-refractivity contribution >= 4 is 21.6 Å². The molecule has 1 aliphatic rings. The quantitative estimate of drug-likeness (QED) is 0.456. The predicted molar refractivity (Wildman–Crippen MR) is 71.5 cm³/mol. The summed E-state index contributed by atoms with van der Waals surface area (Å²) in [6, 6.07) is 2.62. The Morgan fingerprint density at radius 3 is 2.52 bits per heavy atom. The molecule has 0 fully saturated rings. The number of ether oxygens (including phenoxy) is 3. The van der Waals surface area contributed by atoms with Gasteiger partial charge in [-0.25, -0.2) is 13.2 Å². The summed E-state index contributed by atoms with van der Waals surface area (Å²) < 4.78 is 39.1. The van der Waals surface area contributed by atoms with Crippen molar-refractivity contribution in [3.63, 3.8) is 0 Å². The Hall–Kier alpha value is -2.09. The van der Waals surface area contributed by atoms with E-state index in [-0.39, 0.29) is 41.8 Å². The molecule has 114 valence electrons. The molecule has 1 aromatic rings. The topological polar surface area (TPSA) is 96.0 Å². The number of esters is 1. The zero-order valence-electron chi connectivity index (χ0n) is 11.5. The summed E-state index contributed by atoms with van der Waals surface area (Å²) >= 11 is 0. The van der Waals surface area contributed by atoms with Gasteiger partial charge in [-0.05, 0) is 19.1 Å². The molecule has 0 spiro atoms. The highest BCUT2D eigenvalue weighted by Gasteiger charge is 2.31. The second-order valence-electron chi connectivity index (χ2n) is 4.29. The van der Waals surface area contributed by atoms with Crippen LogP contribution in [0.5, 0.6) is 11.5 Å². The highest BCUT2D eigenvalue weighted by molar-refractivity contribution is 7.91. The zero-order valence-corrected chi connectivity index (χ0v) is 12.4. The molecule has 7 nitrogen and oxygen atoms in total. The number of ketones is 1. The zero-order chi connectivity index (χ0) is 15.6. The lowest BCUT2D eigenvalue weighted by molar-refractivity contribution is -0.137. The molecule has 2 rings (SSSR count). The van der Waals surface area contributed by atoms with Crippen molar-refractivity contribution in [2.24, 2.45) is 0 Å². The Kier molecular flexibility index (Phi) is 4.17. The molecule has 0 aromatic heterocycles. The van der Waals surface area contributed by atoms with Crippen LogP contribution >= 0.6 is 0 Å². The minimum Gasteiger partial charge on any atom is -0.486 e. The number of hydrogen-bond donors (Lipinski definition) is 0. The molecule has 0 saturated heterocycles. The van der Waals surface area contributed by atoms with Gasteiger partial charge in [0.2, 0.25) is 0 Å². The highest BCUT2D eigenvalue weighted by atomic mass is 32.2. The van der Waals surface area contributed by atoms with Gasteiger partial charge in [0.1, 0.15) is 18.1 Å². The number of benzene rings is 1. The van der Waals surface area contributed by atoms with Crippen molar-refractivity contribution < 1.29 is 32.2 Å². The van der Waals surface area contributed by atoms with E-state index in [0.29, 0.717) is 0 Å². The fraction of sp³-hybridized carbons (Fsp3) is 0.385. The van der Waals surface area contributed by atoms with Gasteiger partial charge in [-0.1, -0.05) is 0 Å². The number of rotatable bonds is 4. The van der Waals surface area contributed by atoms with Crippen LogP contribution in [0.3, 0.4) is 0 Å². The summed E-state index contributed by atoms with van der Waals surface area (Å²) in [5.74, 6) is -1.96. The predicted octanol–water partition coefficient (Wildman–Crippen LogP) is 0.607. The number of hydrogen-bond acceptors (Lipinski definition) is 7. The van der Waals surface area contributed by atoms with Crippen LogP contribution in [-0.4, -0.2) is 46.2 Å². The number of fused-ring (bicyclic) bond motifs is 1. The molecule has 0 unspecified atom stereocenters. The van der Waals surface area contributed by atoms with Gasteiger partial charge in [-0.2, -0.15) is 0 Å². The van der Waals surface area contributed by atoms with Crippen molar-refractivity contribution in [1.82, 2.24) is 0 Å². The number of Topliss-reactive ketones (excluding diaryl/α,β-unsaturated/α-hetero) is 1. The summed E-state index contributed by atoms with van der Waals surface area (Å²) in [6.45, 7) is 2.00. The van der Waals surface area contributed by atoms with E-state index in [0.717, 1.165) is 6.26 Å². The average Bonchev–Trinajstić information content (AvgIpc) is 2.44. The largest absolute Gasteiger partial charge is 0.486 e. The van der Waals surface area contributed by atoms with E-state index in [1.807, 2.05) is 0 Å². The fourth-order valence-electron chi connectivity index (χ4n) is 1.94. The van der Waals surface area contributed by atoms with Gasteiger partial charge in [-0.15, -0.1) is 0 Å². The number of carbonyl (C=O) groups is 2. The van der Waals surface area contributed by atoms with Crippen LogP contribution in [0, 0.1) is 0 Å². The Morgan fingerprint density at radius 2 is 1.90 bits per heavy atom. The van der Waals surface area contributed by atoms with Crippen LogP contribution in [-0.2, 0) is 19.4 Å². The summed E-state index contributed by atoms with van der Waals surface area (Å²) in [4.78, 5) is 23.3. The summed E-state index contributed by atoms with van der Waals surface area (Å²) in [5, 5.41) is 0. The fourth-order valence-corrected chi connectivity index (χ4v) is 3.00. The van der Waals surface area contributed by atoms with Crippen molar-refractivity contribution in [2.45, 2.75) is 11.8 Å². The van der Waals surface area contributed by atoms with Crippen LogP contribution in [0.2, 0.25) is 0 Å². The Morgan fingerprint density at radius 1 is 1.24 bits per heavy atom. The SMILES string of the molecule is CCOC(=O)C(=O)c1ccc2c(c1S(C)(=O)=O)OCCO2. The van der Waals surface area contributed by atoms with Crippen LogP contribution < -0.4 is 9.47 Å². The van der Waals surface area contributed by atoms with Gasteiger partial charge in [-0.3, -0.25) is 4.79 Å². The molecule has 0 atom stereocenters. The summed E-state index contributed by atoms with van der Waals surface area (Å²) in [6.07, 6.45) is 0.933. The first-order valence-electron chi connectivity index (χ1n) is 6.20. The molecular weight excluding hydrogens is 300 g/mol. The van der Waals surface area contributed by atoms with Crippen molar-refractivity contribution in [3.05, 3.63) is 17.7 Å². The van der Waals surface area contributed by atoms with Crippen molar-refractivity contribution in [1.29, 1.82) is 0 Å². The maximum Gasteiger partial charge on any atom is 0.379 e. The second-order valence-corrected chi connectivity index (χ2v) is 6.24. The molecule has 1 aliphatic heterocycles. The lowest BCUT2D eigenvalue weighted by Crippen LogP contribution is -2.23. The molecule has 8 heteroatoms. The van der Waals surface area contributed by atoms with E-state index in [1.54, 1.807) is 6.92 Å². The van der Waals surface area contributed by atoms with E-state index < -0.39 is 21.6 Å². The lowest BCUT2D eigenvalue weighted by atomic mass is 10.1. The summed E-state index contributed by atoms with van der Waals surface area (Å²) in [7, 11) is -3.80. The van der Waals surface area contributed by atoms with Gasteiger partial charge in [0.25, 0.3) is 5.78 Å². The maximum absolute atomic E-state index is 12.1. The number of carbonyl (C=O) groups excluding carboxylic acids is 2. The standard InChI is InChI=1S/C13H14O7S/c1-3-18-13(15)10(14)8-4-5-9-11(20-7-6-19-9)12(8)21(2,16)17/h4-5H,3,6-7H2,1-2H3. The molecule has 1 aromatic carbocycles. The van der Waals surface area contributed by atoms with Gasteiger partial charge < -0.3 is 14.2 Å². The maximum atomic E-state index is 12.1. The minimum atomic E-state index is -3.80. The average molecular weight is 314 g/mol. The first-order chi connectivity index (χ1) is 9.86. The first-order valence-corrected chi connectivity index (χ1v) is 8.09. The van der Waals surface area contributed by atoms with Crippen molar-refractivity contribution in [2.75, 3.05) is 26.1 Å².